The fourth-order valence-electron chi connectivity index (χ4n) is 7.79. The molecule has 228 valence electrons. The van der Waals surface area contributed by atoms with Crippen LogP contribution in [0.4, 0.5) is 0 Å². The van der Waals surface area contributed by atoms with E-state index in [2.05, 4.69) is 170 Å². The molecule has 0 amide bonds. The second-order valence-electron chi connectivity index (χ2n) is 12.8. The van der Waals surface area contributed by atoms with Crippen LogP contribution >= 0.6 is 0 Å². The minimum absolute atomic E-state index is 0.913. The molecule has 0 saturated heterocycles. The number of furan rings is 1. The largest absolute Gasteiger partial charge is 0.456 e. The van der Waals surface area contributed by atoms with E-state index in [1.807, 2.05) is 12.1 Å². The van der Waals surface area contributed by atoms with Crippen molar-refractivity contribution in [3.63, 3.8) is 0 Å². The molecular weight excluding hydrogens is 593 g/mol. The van der Waals surface area contributed by atoms with Crippen molar-refractivity contribution < 1.29 is 4.42 Å². The molecule has 1 heterocycles. The van der Waals surface area contributed by atoms with Gasteiger partial charge in [0.1, 0.15) is 11.2 Å². The van der Waals surface area contributed by atoms with Crippen LogP contribution in [-0.2, 0) is 0 Å². The Morgan fingerprint density at radius 3 is 1.69 bits per heavy atom. The van der Waals surface area contributed by atoms with Crippen LogP contribution in [0.5, 0.6) is 0 Å². The van der Waals surface area contributed by atoms with Crippen LogP contribution in [0.25, 0.3) is 98.8 Å². The highest BCUT2D eigenvalue weighted by atomic mass is 16.3. The van der Waals surface area contributed by atoms with Gasteiger partial charge in [0, 0.05) is 10.8 Å². The third-order valence-electron chi connectivity index (χ3n) is 10.1. The topological polar surface area (TPSA) is 13.1 Å². The van der Waals surface area contributed by atoms with E-state index >= 15 is 0 Å². The second-order valence-corrected chi connectivity index (χ2v) is 12.8. The molecule has 0 bridgehead atoms. The van der Waals surface area contributed by atoms with Gasteiger partial charge in [-0.05, 0) is 107 Å². The fourth-order valence-corrected chi connectivity index (χ4v) is 7.79. The molecule has 0 unspecified atom stereocenters. The van der Waals surface area contributed by atoms with Gasteiger partial charge in [0.15, 0.2) is 0 Å². The molecule has 49 heavy (non-hydrogen) atoms. The molecule has 1 heteroatoms. The van der Waals surface area contributed by atoms with E-state index in [4.69, 9.17) is 4.42 Å². The molecule has 0 aliphatic heterocycles. The summed E-state index contributed by atoms with van der Waals surface area (Å²) in [6, 6.07) is 66.0. The van der Waals surface area contributed by atoms with Crippen molar-refractivity contribution in [1.29, 1.82) is 0 Å². The Balaban J connectivity index is 1.27. The summed E-state index contributed by atoms with van der Waals surface area (Å²) in [5.41, 5.74) is 11.6. The van der Waals surface area contributed by atoms with E-state index in [-0.39, 0.29) is 0 Å². The molecule has 0 N–H and O–H groups in total. The molecule has 0 radical (unpaired) electrons. The summed E-state index contributed by atoms with van der Waals surface area (Å²) in [6.45, 7) is 0. The zero-order chi connectivity index (χ0) is 32.3. The van der Waals surface area contributed by atoms with Crippen LogP contribution in [-0.4, -0.2) is 0 Å². The van der Waals surface area contributed by atoms with Crippen molar-refractivity contribution in [2.75, 3.05) is 0 Å². The Morgan fingerprint density at radius 2 is 0.816 bits per heavy atom. The van der Waals surface area contributed by atoms with Gasteiger partial charge < -0.3 is 4.42 Å². The van der Waals surface area contributed by atoms with Crippen molar-refractivity contribution in [1.82, 2.24) is 0 Å². The Bertz CT molecular complexity index is 2870. The zero-order valence-corrected chi connectivity index (χ0v) is 26.7. The van der Waals surface area contributed by atoms with Crippen LogP contribution in [0.2, 0.25) is 0 Å². The molecule has 1 aromatic heterocycles. The number of fused-ring (bicyclic) bond motifs is 6. The highest BCUT2D eigenvalue weighted by molar-refractivity contribution is 6.24. The molecule has 9 aromatic carbocycles. The summed E-state index contributed by atoms with van der Waals surface area (Å²) < 4.78 is 6.15. The monoisotopic (exact) mass is 622 g/mol. The number of rotatable bonds is 4. The summed E-state index contributed by atoms with van der Waals surface area (Å²) in [6.07, 6.45) is 0. The lowest BCUT2D eigenvalue weighted by Gasteiger charge is -2.20. The number of hydrogen-bond acceptors (Lipinski definition) is 1. The van der Waals surface area contributed by atoms with Crippen LogP contribution < -0.4 is 0 Å². The molecule has 0 fully saturated rings. The third kappa shape index (κ3) is 4.47. The molecule has 10 rings (SSSR count). The van der Waals surface area contributed by atoms with E-state index in [0.29, 0.717) is 0 Å². The first-order valence-corrected chi connectivity index (χ1v) is 16.8. The maximum absolute atomic E-state index is 6.15. The van der Waals surface area contributed by atoms with Crippen molar-refractivity contribution >= 4 is 54.3 Å². The smallest absolute Gasteiger partial charge is 0.135 e. The summed E-state index contributed by atoms with van der Waals surface area (Å²) >= 11 is 0. The van der Waals surface area contributed by atoms with Crippen LogP contribution in [0, 0.1) is 0 Å². The quantitative estimate of drug-likeness (QED) is 0.178. The van der Waals surface area contributed by atoms with Gasteiger partial charge in [0.25, 0.3) is 0 Å². The maximum Gasteiger partial charge on any atom is 0.135 e. The van der Waals surface area contributed by atoms with Gasteiger partial charge in [0.2, 0.25) is 0 Å². The normalized spacial score (nSPS) is 11.7. The van der Waals surface area contributed by atoms with Gasteiger partial charge in [-0.2, -0.15) is 0 Å². The first-order chi connectivity index (χ1) is 24.3. The lowest BCUT2D eigenvalue weighted by molar-refractivity contribution is 0.669. The lowest BCUT2D eigenvalue weighted by Crippen LogP contribution is -1.93. The highest BCUT2D eigenvalue weighted by Gasteiger charge is 2.19. The van der Waals surface area contributed by atoms with Gasteiger partial charge in [-0.15, -0.1) is 0 Å². The Morgan fingerprint density at radius 1 is 0.265 bits per heavy atom. The van der Waals surface area contributed by atoms with Crippen molar-refractivity contribution in [3.05, 3.63) is 182 Å². The summed E-state index contributed by atoms with van der Waals surface area (Å²) in [5, 5.41) is 9.80. The fraction of sp³-hybridized carbons (Fsp3) is 0. The number of hydrogen-bond donors (Lipinski definition) is 0. The molecule has 0 aliphatic rings. The molecule has 1 nitrogen and oxygen atoms in total. The zero-order valence-electron chi connectivity index (χ0n) is 26.7. The minimum atomic E-state index is 0.913. The first kappa shape index (κ1) is 27.7. The predicted octanol–water partition coefficient (Wildman–Crippen LogP) is 13.7. The Labute approximate surface area is 284 Å². The number of benzene rings is 9. The third-order valence-corrected chi connectivity index (χ3v) is 10.1. The lowest BCUT2D eigenvalue weighted by atomic mass is 9.83. The van der Waals surface area contributed by atoms with E-state index in [1.165, 1.54) is 76.8 Å². The van der Waals surface area contributed by atoms with Crippen molar-refractivity contribution in [2.45, 2.75) is 0 Å². The van der Waals surface area contributed by atoms with Crippen molar-refractivity contribution in [2.24, 2.45) is 0 Å². The van der Waals surface area contributed by atoms with Gasteiger partial charge in [0.05, 0.1) is 0 Å². The summed E-state index contributed by atoms with van der Waals surface area (Å²) in [5.74, 6) is 0. The molecule has 0 spiro atoms. The van der Waals surface area contributed by atoms with E-state index in [1.54, 1.807) is 0 Å². The SMILES string of the molecule is c1ccc(-c2ccc3c(-c4cccc5ccccc45)c4ccccc4c(-c4cccc(-c5ccc6oc7ccccc7c6c5)c4)c3c2)cc1. The van der Waals surface area contributed by atoms with Gasteiger partial charge in [-0.3, -0.25) is 0 Å². The Hall–Kier alpha value is -6.44. The summed E-state index contributed by atoms with van der Waals surface area (Å²) in [4.78, 5) is 0. The molecular formula is C48H30O. The van der Waals surface area contributed by atoms with E-state index < -0.39 is 0 Å². The van der Waals surface area contributed by atoms with Gasteiger partial charge >= 0.3 is 0 Å². The standard InChI is InChI=1S/C48H30O/c1-2-12-31(13-3-1)34-24-26-42-44(30-34)47(40-20-6-7-21-41(40)48(42)39-22-11-15-32-14-4-5-18-37(32)39)36-17-10-16-33(28-36)35-25-27-46-43(29-35)38-19-8-9-23-45(38)49-46/h1-30H. The Kier molecular flexibility index (Phi) is 6.25. The molecule has 10 aromatic rings. The maximum atomic E-state index is 6.15. The highest BCUT2D eigenvalue weighted by Crippen LogP contribution is 2.47. The molecule has 0 aliphatic carbocycles. The van der Waals surface area contributed by atoms with Crippen LogP contribution in [0.15, 0.2) is 186 Å². The average molecular weight is 623 g/mol. The molecule has 0 saturated carbocycles. The van der Waals surface area contributed by atoms with Crippen molar-refractivity contribution in [3.8, 4) is 44.5 Å². The average Bonchev–Trinajstić information content (AvgIpc) is 3.55. The molecule has 0 atom stereocenters. The summed E-state index contributed by atoms with van der Waals surface area (Å²) in [7, 11) is 0. The predicted molar refractivity (Wildman–Crippen MR) is 208 cm³/mol. The van der Waals surface area contributed by atoms with Gasteiger partial charge in [-0.1, -0.05) is 152 Å². The van der Waals surface area contributed by atoms with Gasteiger partial charge in [-0.25, -0.2) is 0 Å². The minimum Gasteiger partial charge on any atom is -0.456 e. The van der Waals surface area contributed by atoms with Crippen LogP contribution in [0.3, 0.4) is 0 Å². The van der Waals surface area contributed by atoms with E-state index in [9.17, 15) is 0 Å². The number of para-hydroxylation sites is 1. The second kappa shape index (κ2) is 11.1. The van der Waals surface area contributed by atoms with Crippen LogP contribution in [0.1, 0.15) is 0 Å². The van der Waals surface area contributed by atoms with E-state index in [0.717, 1.165) is 21.9 Å². The first-order valence-electron chi connectivity index (χ1n) is 16.8.